The van der Waals surface area contributed by atoms with Crippen LogP contribution in [-0.2, 0) is 18.9 Å². The highest BCUT2D eigenvalue weighted by Gasteiger charge is 2.45. The topological polar surface area (TPSA) is 57.2 Å². The second-order valence-corrected chi connectivity index (χ2v) is 4.81. The standard InChI is InChI=1S/C14H28O5/c1-4-7-16-10-11-12(17-8-5-2)13(14(15)19-11)18-9-6-3/h11-15H,4-10H2,1-3H3/t11-,12+,13-,14?/m1/s1. The van der Waals surface area contributed by atoms with Crippen LogP contribution in [-0.4, -0.2) is 56.1 Å². The van der Waals surface area contributed by atoms with Gasteiger partial charge in [-0.3, -0.25) is 0 Å². The van der Waals surface area contributed by atoms with Gasteiger partial charge in [-0.2, -0.15) is 0 Å². The molecule has 0 saturated carbocycles. The first kappa shape index (κ1) is 16.9. The molecule has 1 N–H and O–H groups in total. The van der Waals surface area contributed by atoms with Crippen LogP contribution in [0, 0.1) is 0 Å². The van der Waals surface area contributed by atoms with Gasteiger partial charge in [0.05, 0.1) is 6.61 Å². The lowest BCUT2D eigenvalue weighted by Crippen LogP contribution is -2.39. The number of aliphatic hydroxyl groups excluding tert-OH is 1. The van der Waals surface area contributed by atoms with Crippen molar-refractivity contribution in [2.75, 3.05) is 26.4 Å². The number of rotatable bonds is 10. The average molecular weight is 276 g/mol. The van der Waals surface area contributed by atoms with Gasteiger partial charge in [-0.1, -0.05) is 20.8 Å². The summed E-state index contributed by atoms with van der Waals surface area (Å²) in [7, 11) is 0. The fraction of sp³-hybridized carbons (Fsp3) is 1.00. The minimum absolute atomic E-state index is 0.252. The molecule has 1 rings (SSSR count). The molecule has 19 heavy (non-hydrogen) atoms. The van der Waals surface area contributed by atoms with E-state index >= 15 is 0 Å². The van der Waals surface area contributed by atoms with Crippen molar-refractivity contribution in [2.45, 2.75) is 64.6 Å². The highest BCUT2D eigenvalue weighted by atomic mass is 16.7. The molecule has 1 saturated heterocycles. The molecule has 0 aliphatic carbocycles. The summed E-state index contributed by atoms with van der Waals surface area (Å²) in [5.41, 5.74) is 0. The highest BCUT2D eigenvalue weighted by Crippen LogP contribution is 2.26. The summed E-state index contributed by atoms with van der Waals surface area (Å²) in [4.78, 5) is 0. The Hall–Kier alpha value is -0.200. The summed E-state index contributed by atoms with van der Waals surface area (Å²) < 4.78 is 22.5. The Bertz CT molecular complexity index is 224. The van der Waals surface area contributed by atoms with Crippen molar-refractivity contribution in [1.29, 1.82) is 0 Å². The predicted octanol–water partition coefficient (Wildman–Crippen LogP) is 1.72. The molecule has 1 aliphatic rings. The van der Waals surface area contributed by atoms with Crippen molar-refractivity contribution in [1.82, 2.24) is 0 Å². The van der Waals surface area contributed by atoms with E-state index in [2.05, 4.69) is 13.8 Å². The molecule has 114 valence electrons. The molecule has 0 spiro atoms. The Balaban J connectivity index is 2.52. The lowest BCUT2D eigenvalue weighted by Gasteiger charge is -2.23. The molecule has 0 aromatic carbocycles. The second kappa shape index (κ2) is 9.66. The van der Waals surface area contributed by atoms with Crippen molar-refractivity contribution in [3.8, 4) is 0 Å². The maximum atomic E-state index is 9.93. The van der Waals surface area contributed by atoms with Crippen molar-refractivity contribution in [3.05, 3.63) is 0 Å². The van der Waals surface area contributed by atoms with Crippen molar-refractivity contribution >= 4 is 0 Å². The van der Waals surface area contributed by atoms with Gasteiger partial charge in [-0.25, -0.2) is 0 Å². The quantitative estimate of drug-likeness (QED) is 0.616. The van der Waals surface area contributed by atoms with E-state index < -0.39 is 12.4 Å². The zero-order chi connectivity index (χ0) is 14.1. The smallest absolute Gasteiger partial charge is 0.184 e. The number of hydrogen-bond donors (Lipinski definition) is 1. The maximum absolute atomic E-state index is 9.93. The Morgan fingerprint density at radius 2 is 1.47 bits per heavy atom. The lowest BCUT2D eigenvalue weighted by molar-refractivity contribution is -0.149. The van der Waals surface area contributed by atoms with Crippen molar-refractivity contribution in [3.63, 3.8) is 0 Å². The fourth-order valence-corrected chi connectivity index (χ4v) is 2.07. The van der Waals surface area contributed by atoms with Gasteiger partial charge in [-0.15, -0.1) is 0 Å². The maximum Gasteiger partial charge on any atom is 0.184 e. The monoisotopic (exact) mass is 276 g/mol. The van der Waals surface area contributed by atoms with Gasteiger partial charge in [0.25, 0.3) is 0 Å². The normalized spacial score (nSPS) is 30.9. The molecule has 1 heterocycles. The van der Waals surface area contributed by atoms with E-state index in [4.69, 9.17) is 18.9 Å². The van der Waals surface area contributed by atoms with Crippen LogP contribution in [0.15, 0.2) is 0 Å². The van der Waals surface area contributed by atoms with Crippen LogP contribution < -0.4 is 0 Å². The third-order valence-corrected chi connectivity index (χ3v) is 2.94. The van der Waals surface area contributed by atoms with Crippen LogP contribution in [0.2, 0.25) is 0 Å². The third-order valence-electron chi connectivity index (χ3n) is 2.94. The van der Waals surface area contributed by atoms with E-state index in [0.717, 1.165) is 19.3 Å². The van der Waals surface area contributed by atoms with Gasteiger partial charge < -0.3 is 24.1 Å². The Morgan fingerprint density at radius 3 is 2.05 bits per heavy atom. The minimum atomic E-state index is -0.927. The van der Waals surface area contributed by atoms with Crippen LogP contribution in [0.4, 0.5) is 0 Å². The summed E-state index contributed by atoms with van der Waals surface area (Å²) in [6, 6.07) is 0. The van der Waals surface area contributed by atoms with E-state index in [-0.39, 0.29) is 12.2 Å². The molecule has 0 amide bonds. The van der Waals surface area contributed by atoms with E-state index in [1.807, 2.05) is 6.92 Å². The molecule has 0 aromatic heterocycles. The van der Waals surface area contributed by atoms with Gasteiger partial charge in [0.1, 0.15) is 18.3 Å². The van der Waals surface area contributed by atoms with Gasteiger partial charge in [0.15, 0.2) is 6.29 Å². The van der Waals surface area contributed by atoms with Crippen LogP contribution >= 0.6 is 0 Å². The van der Waals surface area contributed by atoms with Crippen LogP contribution in [0.25, 0.3) is 0 Å². The molecule has 1 aliphatic heterocycles. The average Bonchev–Trinajstić information content (AvgIpc) is 2.70. The van der Waals surface area contributed by atoms with E-state index in [1.165, 1.54) is 0 Å². The van der Waals surface area contributed by atoms with E-state index in [9.17, 15) is 5.11 Å². The predicted molar refractivity (Wildman–Crippen MR) is 72.1 cm³/mol. The Labute approximate surface area is 116 Å². The molecule has 5 heteroatoms. The summed E-state index contributed by atoms with van der Waals surface area (Å²) in [6.07, 6.45) is 0.945. The largest absolute Gasteiger partial charge is 0.379 e. The van der Waals surface area contributed by atoms with Gasteiger partial charge >= 0.3 is 0 Å². The molecular formula is C14H28O5. The highest BCUT2D eigenvalue weighted by molar-refractivity contribution is 4.88. The summed E-state index contributed by atoms with van der Waals surface area (Å²) >= 11 is 0. The first-order valence-electron chi connectivity index (χ1n) is 7.39. The van der Waals surface area contributed by atoms with Crippen molar-refractivity contribution < 1.29 is 24.1 Å². The number of ether oxygens (including phenoxy) is 4. The van der Waals surface area contributed by atoms with Gasteiger partial charge in [0, 0.05) is 19.8 Å². The van der Waals surface area contributed by atoms with E-state index in [1.54, 1.807) is 0 Å². The first-order chi connectivity index (χ1) is 9.24. The van der Waals surface area contributed by atoms with Crippen LogP contribution in [0.1, 0.15) is 40.0 Å². The summed E-state index contributed by atoms with van der Waals surface area (Å²) in [5.74, 6) is 0. The van der Waals surface area contributed by atoms with Crippen molar-refractivity contribution in [2.24, 2.45) is 0 Å². The molecule has 4 atom stereocenters. The molecule has 0 aromatic rings. The molecule has 0 bridgehead atoms. The Morgan fingerprint density at radius 1 is 0.895 bits per heavy atom. The zero-order valence-corrected chi connectivity index (χ0v) is 12.3. The zero-order valence-electron chi connectivity index (χ0n) is 12.3. The van der Waals surface area contributed by atoms with Gasteiger partial charge in [-0.05, 0) is 19.3 Å². The summed E-state index contributed by atoms with van der Waals surface area (Å²) in [6.45, 7) is 8.50. The number of aliphatic hydroxyl groups is 1. The first-order valence-corrected chi connectivity index (χ1v) is 7.39. The molecule has 0 radical (unpaired) electrons. The Kier molecular flexibility index (Phi) is 8.57. The molecule has 1 fully saturated rings. The SMILES string of the molecule is CCCOC[C@H]1OC(O)[C@H](OCCC)[C@H]1OCCC. The molecule has 1 unspecified atom stereocenters. The molecule has 5 nitrogen and oxygen atoms in total. The molecular weight excluding hydrogens is 248 g/mol. The van der Waals surface area contributed by atoms with E-state index in [0.29, 0.717) is 26.4 Å². The lowest BCUT2D eigenvalue weighted by atomic mass is 10.1. The van der Waals surface area contributed by atoms with Gasteiger partial charge in [0.2, 0.25) is 0 Å². The fourth-order valence-electron chi connectivity index (χ4n) is 2.07. The summed E-state index contributed by atoms with van der Waals surface area (Å²) in [5, 5.41) is 9.93. The second-order valence-electron chi connectivity index (χ2n) is 4.81. The van der Waals surface area contributed by atoms with Crippen LogP contribution in [0.3, 0.4) is 0 Å². The number of hydrogen-bond acceptors (Lipinski definition) is 5. The minimum Gasteiger partial charge on any atom is -0.379 e. The van der Waals surface area contributed by atoms with Crippen LogP contribution in [0.5, 0.6) is 0 Å². The third kappa shape index (κ3) is 5.36.